The number of hydrogen-bond donors (Lipinski definition) is 1. The second-order valence-corrected chi connectivity index (χ2v) is 5.80. The third-order valence-electron chi connectivity index (χ3n) is 3.27. The molecule has 21 heavy (non-hydrogen) atoms. The Hall–Kier alpha value is -2.01. The second kappa shape index (κ2) is 6.18. The first-order chi connectivity index (χ1) is 9.88. The molecule has 0 saturated heterocycles. The Bertz CT molecular complexity index is 667. The molecule has 1 heterocycles. The number of nitrogens with zero attached hydrogens (tertiary/aromatic N) is 3. The fourth-order valence-electron chi connectivity index (χ4n) is 2.01. The second-order valence-electron chi connectivity index (χ2n) is 5.36. The van der Waals surface area contributed by atoms with Crippen LogP contribution >= 0.6 is 12.2 Å². The molecule has 2 rings (SSSR count). The highest BCUT2D eigenvalue weighted by atomic mass is 32.1. The molecule has 0 saturated carbocycles. The predicted octanol–water partition coefficient (Wildman–Crippen LogP) is 3.31. The third-order valence-corrected chi connectivity index (χ3v) is 3.51. The molecule has 0 unspecified atom stereocenters. The van der Waals surface area contributed by atoms with Crippen LogP contribution in [0.25, 0.3) is 0 Å². The zero-order valence-electron chi connectivity index (χ0n) is 12.8. The summed E-state index contributed by atoms with van der Waals surface area (Å²) in [5.41, 5.74) is 9.49. The zero-order valence-corrected chi connectivity index (χ0v) is 13.6. The first-order valence-electron chi connectivity index (χ1n) is 6.87. The van der Waals surface area contributed by atoms with Gasteiger partial charge in [-0.2, -0.15) is 0 Å². The molecule has 0 fully saturated rings. The van der Waals surface area contributed by atoms with Crippen molar-refractivity contribution in [2.45, 2.75) is 26.7 Å². The van der Waals surface area contributed by atoms with Gasteiger partial charge in [0.25, 0.3) is 0 Å². The van der Waals surface area contributed by atoms with Gasteiger partial charge in [-0.05, 0) is 31.0 Å². The highest BCUT2D eigenvalue weighted by Crippen LogP contribution is 2.23. The summed E-state index contributed by atoms with van der Waals surface area (Å²) in [6.07, 6.45) is 0. The van der Waals surface area contributed by atoms with Crippen molar-refractivity contribution in [2.75, 3.05) is 11.9 Å². The van der Waals surface area contributed by atoms with E-state index in [0.29, 0.717) is 16.9 Å². The maximum atomic E-state index is 5.69. The van der Waals surface area contributed by atoms with Crippen LogP contribution in [0.5, 0.6) is 0 Å². The van der Waals surface area contributed by atoms with E-state index < -0.39 is 0 Å². The highest BCUT2D eigenvalue weighted by Gasteiger charge is 2.12. The summed E-state index contributed by atoms with van der Waals surface area (Å²) in [4.78, 5) is 11.5. The molecule has 0 aliphatic heterocycles. The summed E-state index contributed by atoms with van der Waals surface area (Å²) in [6.45, 7) is 6.23. The molecule has 0 amide bonds. The van der Waals surface area contributed by atoms with Crippen molar-refractivity contribution in [1.82, 2.24) is 9.97 Å². The maximum absolute atomic E-state index is 5.69. The average Bonchev–Trinajstić information content (AvgIpc) is 2.45. The Morgan fingerprint density at radius 3 is 2.57 bits per heavy atom. The van der Waals surface area contributed by atoms with E-state index in [9.17, 15) is 0 Å². The van der Waals surface area contributed by atoms with Gasteiger partial charge in [0, 0.05) is 29.7 Å². The summed E-state index contributed by atoms with van der Waals surface area (Å²) in [7, 11) is 1.94. The lowest BCUT2D eigenvalue weighted by atomic mass is 10.1. The Morgan fingerprint density at radius 2 is 1.95 bits per heavy atom. The van der Waals surface area contributed by atoms with Crippen molar-refractivity contribution >= 4 is 28.8 Å². The number of anilines is 2. The van der Waals surface area contributed by atoms with Gasteiger partial charge in [-0.1, -0.05) is 38.2 Å². The average molecular weight is 300 g/mol. The van der Waals surface area contributed by atoms with Gasteiger partial charge >= 0.3 is 0 Å². The number of aromatic nitrogens is 2. The molecular weight excluding hydrogens is 280 g/mol. The SMILES string of the molecule is Cc1cc(C(C)C)nc(N(C)c2cccc(C(N)=S)c2)n1. The summed E-state index contributed by atoms with van der Waals surface area (Å²) in [5.74, 6) is 1.04. The topological polar surface area (TPSA) is 55.0 Å². The minimum Gasteiger partial charge on any atom is -0.389 e. The van der Waals surface area contributed by atoms with E-state index in [-0.39, 0.29) is 0 Å². The van der Waals surface area contributed by atoms with Crippen LogP contribution in [-0.4, -0.2) is 22.0 Å². The third kappa shape index (κ3) is 3.55. The fraction of sp³-hybridized carbons (Fsp3) is 0.312. The van der Waals surface area contributed by atoms with Gasteiger partial charge in [-0.3, -0.25) is 0 Å². The molecule has 1 aromatic carbocycles. The molecule has 0 atom stereocenters. The molecule has 1 aromatic heterocycles. The molecule has 0 bridgehead atoms. The van der Waals surface area contributed by atoms with Crippen LogP contribution in [-0.2, 0) is 0 Å². The summed E-state index contributed by atoms with van der Waals surface area (Å²) in [5, 5.41) is 0. The Morgan fingerprint density at radius 1 is 1.24 bits per heavy atom. The van der Waals surface area contributed by atoms with Crippen molar-refractivity contribution in [3.8, 4) is 0 Å². The minimum atomic E-state index is 0.363. The number of rotatable bonds is 4. The quantitative estimate of drug-likeness (QED) is 0.878. The van der Waals surface area contributed by atoms with Crippen LogP contribution in [0.4, 0.5) is 11.6 Å². The number of hydrogen-bond acceptors (Lipinski definition) is 4. The van der Waals surface area contributed by atoms with Crippen molar-refractivity contribution in [3.63, 3.8) is 0 Å². The van der Waals surface area contributed by atoms with Gasteiger partial charge in [0.05, 0.1) is 0 Å². The number of aryl methyl sites for hydroxylation is 1. The monoisotopic (exact) mass is 300 g/mol. The van der Waals surface area contributed by atoms with E-state index in [1.54, 1.807) is 0 Å². The predicted molar refractivity (Wildman–Crippen MR) is 91.3 cm³/mol. The van der Waals surface area contributed by atoms with Gasteiger partial charge in [0.15, 0.2) is 0 Å². The zero-order chi connectivity index (χ0) is 15.6. The molecule has 2 aromatic rings. The van der Waals surface area contributed by atoms with E-state index in [2.05, 4.69) is 23.8 Å². The van der Waals surface area contributed by atoms with Crippen molar-refractivity contribution in [3.05, 3.63) is 47.3 Å². The lowest BCUT2D eigenvalue weighted by Crippen LogP contribution is -2.16. The maximum Gasteiger partial charge on any atom is 0.230 e. The summed E-state index contributed by atoms with van der Waals surface area (Å²) in [6, 6.07) is 9.79. The van der Waals surface area contributed by atoms with Crippen LogP contribution in [0.2, 0.25) is 0 Å². The number of nitrogens with two attached hydrogens (primary N) is 1. The number of thiocarbonyl (C=S) groups is 1. The van der Waals surface area contributed by atoms with Gasteiger partial charge in [-0.15, -0.1) is 0 Å². The molecule has 0 aliphatic rings. The molecule has 110 valence electrons. The molecule has 0 radical (unpaired) electrons. The van der Waals surface area contributed by atoms with Crippen molar-refractivity contribution in [2.24, 2.45) is 5.73 Å². The molecular formula is C16H20N4S. The van der Waals surface area contributed by atoms with Crippen LogP contribution in [0.15, 0.2) is 30.3 Å². The number of benzene rings is 1. The van der Waals surface area contributed by atoms with Gasteiger partial charge in [0.1, 0.15) is 4.99 Å². The Balaban J connectivity index is 2.42. The standard InChI is InChI=1S/C16H20N4S/c1-10(2)14-8-11(3)18-16(19-14)20(4)13-7-5-6-12(9-13)15(17)21/h5-10H,1-4H3,(H2,17,21). The van der Waals surface area contributed by atoms with E-state index in [1.165, 1.54) is 0 Å². The lowest BCUT2D eigenvalue weighted by Gasteiger charge is -2.19. The van der Waals surface area contributed by atoms with Crippen LogP contribution in [0, 0.1) is 6.92 Å². The van der Waals surface area contributed by atoms with Crippen molar-refractivity contribution < 1.29 is 0 Å². The largest absolute Gasteiger partial charge is 0.389 e. The molecule has 0 aliphatic carbocycles. The Labute approximate surface area is 131 Å². The summed E-state index contributed by atoms with van der Waals surface area (Å²) < 4.78 is 0. The van der Waals surface area contributed by atoms with E-state index >= 15 is 0 Å². The normalized spacial score (nSPS) is 10.7. The first kappa shape index (κ1) is 15.4. The van der Waals surface area contributed by atoms with E-state index in [4.69, 9.17) is 18.0 Å². The molecule has 0 spiro atoms. The smallest absolute Gasteiger partial charge is 0.230 e. The van der Waals surface area contributed by atoms with Gasteiger partial charge < -0.3 is 10.6 Å². The van der Waals surface area contributed by atoms with E-state index in [1.807, 2.05) is 49.2 Å². The molecule has 2 N–H and O–H groups in total. The van der Waals surface area contributed by atoms with Crippen LogP contribution in [0.1, 0.15) is 36.7 Å². The molecule has 5 heteroatoms. The van der Waals surface area contributed by atoms with Crippen molar-refractivity contribution in [1.29, 1.82) is 0 Å². The Kier molecular flexibility index (Phi) is 4.53. The molecule has 4 nitrogen and oxygen atoms in total. The van der Waals surface area contributed by atoms with Gasteiger partial charge in [-0.25, -0.2) is 9.97 Å². The summed E-state index contributed by atoms with van der Waals surface area (Å²) >= 11 is 5.03. The van der Waals surface area contributed by atoms with Gasteiger partial charge in [0.2, 0.25) is 5.95 Å². The highest BCUT2D eigenvalue weighted by molar-refractivity contribution is 7.80. The van der Waals surface area contributed by atoms with Crippen LogP contribution < -0.4 is 10.6 Å². The lowest BCUT2D eigenvalue weighted by molar-refractivity contribution is 0.804. The fourth-order valence-corrected chi connectivity index (χ4v) is 2.13. The van der Waals surface area contributed by atoms with Crippen LogP contribution in [0.3, 0.4) is 0 Å². The minimum absolute atomic E-state index is 0.363. The van der Waals surface area contributed by atoms with E-state index in [0.717, 1.165) is 22.6 Å². The first-order valence-corrected chi connectivity index (χ1v) is 7.28.